The fourth-order valence-corrected chi connectivity index (χ4v) is 1.65. The summed E-state index contributed by atoms with van der Waals surface area (Å²) in [6.45, 7) is 0. The highest BCUT2D eigenvalue weighted by atomic mass is 16.5. The largest absolute Gasteiger partial charge is 0.497 e. The molecule has 2 rings (SSSR count). The van der Waals surface area contributed by atoms with E-state index in [9.17, 15) is 4.79 Å². The van der Waals surface area contributed by atoms with E-state index in [4.69, 9.17) is 9.47 Å². The number of carbonyl (C=O) groups excluding carboxylic acids is 1. The smallest absolute Gasteiger partial charge is 0.216 e. The summed E-state index contributed by atoms with van der Waals surface area (Å²) < 4.78 is 12.0. The zero-order valence-corrected chi connectivity index (χ0v) is 10.5. The first-order chi connectivity index (χ1) is 8.65. The van der Waals surface area contributed by atoms with Crippen LogP contribution in [0.4, 0.5) is 0 Å². The molecule has 1 aromatic heterocycles. The standard InChI is InChI=1S/C13H14N2O3/c1-15-7-11(14-8-15)13(16)10-5-4-9(17-2)6-12(10)18-3/h4-8H,1-3H3. The van der Waals surface area contributed by atoms with Gasteiger partial charge in [0.1, 0.15) is 17.2 Å². The molecular formula is C13H14N2O3. The maximum absolute atomic E-state index is 12.2. The number of ether oxygens (including phenoxy) is 2. The normalized spacial score (nSPS) is 10.2. The van der Waals surface area contributed by atoms with Gasteiger partial charge in [0.25, 0.3) is 0 Å². The summed E-state index contributed by atoms with van der Waals surface area (Å²) >= 11 is 0. The van der Waals surface area contributed by atoms with Crippen molar-refractivity contribution in [3.63, 3.8) is 0 Å². The van der Waals surface area contributed by atoms with Gasteiger partial charge in [0, 0.05) is 19.3 Å². The molecule has 5 heteroatoms. The Hall–Kier alpha value is -2.30. The molecule has 1 aromatic carbocycles. The third kappa shape index (κ3) is 2.20. The van der Waals surface area contributed by atoms with E-state index in [0.29, 0.717) is 22.8 Å². The van der Waals surface area contributed by atoms with Crippen molar-refractivity contribution in [3.8, 4) is 11.5 Å². The van der Waals surface area contributed by atoms with Gasteiger partial charge in [-0.2, -0.15) is 0 Å². The van der Waals surface area contributed by atoms with Crippen LogP contribution in [0.1, 0.15) is 16.1 Å². The lowest BCUT2D eigenvalue weighted by atomic mass is 10.1. The second-order valence-corrected chi connectivity index (χ2v) is 3.82. The Labute approximate surface area is 105 Å². The van der Waals surface area contributed by atoms with Crippen molar-refractivity contribution in [2.45, 2.75) is 0 Å². The average molecular weight is 246 g/mol. The van der Waals surface area contributed by atoms with Crippen LogP contribution in [0, 0.1) is 0 Å². The van der Waals surface area contributed by atoms with E-state index < -0.39 is 0 Å². The van der Waals surface area contributed by atoms with Crippen LogP contribution in [0.3, 0.4) is 0 Å². The number of benzene rings is 1. The average Bonchev–Trinajstić information content (AvgIpc) is 2.83. The first-order valence-electron chi connectivity index (χ1n) is 5.40. The summed E-state index contributed by atoms with van der Waals surface area (Å²) in [6.07, 6.45) is 3.26. The third-order valence-corrected chi connectivity index (χ3v) is 2.59. The van der Waals surface area contributed by atoms with E-state index in [-0.39, 0.29) is 5.78 Å². The second-order valence-electron chi connectivity index (χ2n) is 3.82. The van der Waals surface area contributed by atoms with Crippen molar-refractivity contribution < 1.29 is 14.3 Å². The number of aryl methyl sites for hydroxylation is 1. The lowest BCUT2D eigenvalue weighted by Gasteiger charge is -2.08. The Balaban J connectivity index is 2.41. The van der Waals surface area contributed by atoms with Crippen molar-refractivity contribution >= 4 is 5.78 Å². The van der Waals surface area contributed by atoms with E-state index in [1.54, 1.807) is 42.4 Å². The maximum atomic E-state index is 12.2. The fraction of sp³-hybridized carbons (Fsp3) is 0.231. The van der Waals surface area contributed by atoms with E-state index in [0.717, 1.165) is 0 Å². The zero-order valence-electron chi connectivity index (χ0n) is 10.5. The highest BCUT2D eigenvalue weighted by Gasteiger charge is 2.17. The molecule has 0 radical (unpaired) electrons. The lowest BCUT2D eigenvalue weighted by molar-refractivity contribution is 0.103. The number of nitrogens with zero attached hydrogens (tertiary/aromatic N) is 2. The van der Waals surface area contributed by atoms with Gasteiger partial charge in [0.15, 0.2) is 0 Å². The van der Waals surface area contributed by atoms with Gasteiger partial charge in [0.2, 0.25) is 5.78 Å². The summed E-state index contributed by atoms with van der Waals surface area (Å²) in [7, 11) is 4.90. The predicted molar refractivity (Wildman–Crippen MR) is 66.2 cm³/mol. The molecule has 0 unspecified atom stereocenters. The molecule has 0 saturated carbocycles. The number of hydrogen-bond acceptors (Lipinski definition) is 4. The Morgan fingerprint density at radius 3 is 2.61 bits per heavy atom. The zero-order chi connectivity index (χ0) is 13.1. The summed E-state index contributed by atoms with van der Waals surface area (Å²) in [5.74, 6) is 0.949. The molecule has 18 heavy (non-hydrogen) atoms. The first-order valence-corrected chi connectivity index (χ1v) is 5.40. The lowest BCUT2D eigenvalue weighted by Crippen LogP contribution is -2.04. The van der Waals surface area contributed by atoms with Gasteiger partial charge in [-0.15, -0.1) is 0 Å². The maximum Gasteiger partial charge on any atom is 0.216 e. The molecule has 94 valence electrons. The molecule has 0 spiro atoms. The van der Waals surface area contributed by atoms with Crippen molar-refractivity contribution in [2.24, 2.45) is 7.05 Å². The number of rotatable bonds is 4. The van der Waals surface area contributed by atoms with Crippen LogP contribution in [0.2, 0.25) is 0 Å². The van der Waals surface area contributed by atoms with Gasteiger partial charge in [-0.05, 0) is 12.1 Å². The van der Waals surface area contributed by atoms with Crippen molar-refractivity contribution in [2.75, 3.05) is 14.2 Å². The first kappa shape index (κ1) is 12.2. The van der Waals surface area contributed by atoms with Crippen molar-refractivity contribution in [1.29, 1.82) is 0 Å². The number of ketones is 1. The molecule has 2 aromatic rings. The van der Waals surface area contributed by atoms with Gasteiger partial charge in [-0.25, -0.2) is 4.98 Å². The van der Waals surface area contributed by atoms with Gasteiger partial charge in [-0.3, -0.25) is 4.79 Å². The summed E-state index contributed by atoms with van der Waals surface area (Å²) in [5.41, 5.74) is 0.859. The molecule has 0 aliphatic carbocycles. The SMILES string of the molecule is COc1ccc(C(=O)c2cn(C)cn2)c(OC)c1. The molecular weight excluding hydrogens is 232 g/mol. The summed E-state index contributed by atoms with van der Waals surface area (Å²) in [4.78, 5) is 16.3. The van der Waals surface area contributed by atoms with Gasteiger partial charge >= 0.3 is 0 Å². The monoisotopic (exact) mass is 246 g/mol. The number of hydrogen-bond donors (Lipinski definition) is 0. The van der Waals surface area contributed by atoms with Crippen LogP contribution in [0.5, 0.6) is 11.5 Å². The highest BCUT2D eigenvalue weighted by molar-refractivity contribution is 6.09. The summed E-state index contributed by atoms with van der Waals surface area (Å²) in [5, 5.41) is 0. The predicted octanol–water partition coefficient (Wildman–Crippen LogP) is 1.67. The van der Waals surface area contributed by atoms with Gasteiger partial charge < -0.3 is 14.0 Å². The molecule has 0 aliphatic rings. The third-order valence-electron chi connectivity index (χ3n) is 2.59. The summed E-state index contributed by atoms with van der Waals surface area (Å²) in [6, 6.07) is 5.07. The number of aromatic nitrogens is 2. The van der Waals surface area contributed by atoms with E-state index >= 15 is 0 Å². The quantitative estimate of drug-likeness (QED) is 0.770. The minimum atomic E-state index is -0.171. The van der Waals surface area contributed by atoms with Crippen LogP contribution >= 0.6 is 0 Å². The van der Waals surface area contributed by atoms with Gasteiger partial charge in [-0.1, -0.05) is 0 Å². The second kappa shape index (κ2) is 4.91. The minimum absolute atomic E-state index is 0.171. The molecule has 0 saturated heterocycles. The van der Waals surface area contributed by atoms with Gasteiger partial charge in [0.05, 0.1) is 26.1 Å². The molecule has 0 fully saturated rings. The molecule has 0 amide bonds. The molecule has 0 bridgehead atoms. The number of imidazole rings is 1. The Kier molecular flexibility index (Phi) is 3.32. The topological polar surface area (TPSA) is 53.4 Å². The Morgan fingerprint density at radius 2 is 2.06 bits per heavy atom. The van der Waals surface area contributed by atoms with Crippen LogP contribution in [0.15, 0.2) is 30.7 Å². The molecule has 5 nitrogen and oxygen atoms in total. The van der Waals surface area contributed by atoms with Crippen LogP contribution in [-0.2, 0) is 7.05 Å². The fourth-order valence-electron chi connectivity index (χ4n) is 1.65. The molecule has 0 N–H and O–H groups in total. The Morgan fingerprint density at radius 1 is 1.28 bits per heavy atom. The molecule has 1 heterocycles. The Bertz CT molecular complexity index is 575. The molecule has 0 atom stereocenters. The molecule has 0 aliphatic heterocycles. The van der Waals surface area contributed by atoms with Crippen molar-refractivity contribution in [1.82, 2.24) is 9.55 Å². The van der Waals surface area contributed by atoms with E-state index in [1.807, 2.05) is 7.05 Å². The van der Waals surface area contributed by atoms with E-state index in [2.05, 4.69) is 4.98 Å². The minimum Gasteiger partial charge on any atom is -0.497 e. The number of carbonyl (C=O) groups is 1. The van der Waals surface area contributed by atoms with Crippen molar-refractivity contribution in [3.05, 3.63) is 42.0 Å². The van der Waals surface area contributed by atoms with Crippen LogP contribution in [-0.4, -0.2) is 29.6 Å². The number of methoxy groups -OCH3 is 2. The van der Waals surface area contributed by atoms with Crippen LogP contribution < -0.4 is 9.47 Å². The van der Waals surface area contributed by atoms with E-state index in [1.165, 1.54) is 7.11 Å². The highest BCUT2D eigenvalue weighted by Crippen LogP contribution is 2.26. The van der Waals surface area contributed by atoms with Crippen LogP contribution in [0.25, 0.3) is 0 Å².